The van der Waals surface area contributed by atoms with Crippen LogP contribution in [0.1, 0.15) is 56.4 Å². The maximum Gasteiger partial charge on any atom is 0.268 e. The van der Waals surface area contributed by atoms with Crippen LogP contribution in [0.15, 0.2) is 18.3 Å². The van der Waals surface area contributed by atoms with E-state index in [1.54, 1.807) is 0 Å². The molecule has 1 aromatic rings. The summed E-state index contributed by atoms with van der Waals surface area (Å²) >= 11 is 0. The van der Waals surface area contributed by atoms with E-state index >= 15 is 0 Å². The van der Waals surface area contributed by atoms with E-state index in [0.717, 1.165) is 38.6 Å². The maximum atomic E-state index is 12.2. The van der Waals surface area contributed by atoms with Crippen molar-refractivity contribution in [2.75, 3.05) is 6.54 Å². The highest BCUT2D eigenvalue weighted by Crippen LogP contribution is 2.31. The molecule has 2 N–H and O–H groups in total. The van der Waals surface area contributed by atoms with Crippen molar-refractivity contribution in [3.8, 4) is 0 Å². The Bertz CT molecular complexity index is 445. The first kappa shape index (κ1) is 15.1. The Morgan fingerprint density at radius 1 is 1.50 bits per heavy atom. The number of amides is 1. The van der Waals surface area contributed by atoms with Crippen LogP contribution < -0.4 is 5.32 Å². The summed E-state index contributed by atoms with van der Waals surface area (Å²) in [6.07, 6.45) is 6.57. The molecule has 0 radical (unpaired) electrons. The summed E-state index contributed by atoms with van der Waals surface area (Å²) in [4.78, 5) is 12.2. The molecule has 0 saturated heterocycles. The largest absolute Gasteiger partial charge is 0.388 e. The molecule has 1 heterocycles. The lowest BCUT2D eigenvalue weighted by Gasteiger charge is -2.34. The van der Waals surface area contributed by atoms with Gasteiger partial charge in [0.2, 0.25) is 0 Å². The van der Waals surface area contributed by atoms with Crippen molar-refractivity contribution in [2.45, 2.75) is 58.1 Å². The lowest BCUT2D eigenvalue weighted by Crippen LogP contribution is -2.45. The minimum absolute atomic E-state index is 0.0875. The van der Waals surface area contributed by atoms with Crippen LogP contribution in [0.5, 0.6) is 0 Å². The van der Waals surface area contributed by atoms with Gasteiger partial charge in [-0.2, -0.15) is 0 Å². The number of hydrogen-bond donors (Lipinski definition) is 2. The van der Waals surface area contributed by atoms with Gasteiger partial charge in [-0.3, -0.25) is 4.79 Å². The number of carbonyl (C=O) groups is 1. The molecule has 1 fully saturated rings. The van der Waals surface area contributed by atoms with Crippen LogP contribution in [0.3, 0.4) is 0 Å². The van der Waals surface area contributed by atoms with Crippen molar-refractivity contribution < 1.29 is 9.90 Å². The van der Waals surface area contributed by atoms with Crippen molar-refractivity contribution in [1.29, 1.82) is 0 Å². The molecule has 0 bridgehead atoms. The normalized spacial score (nSPS) is 26.4. The fourth-order valence-electron chi connectivity index (χ4n) is 2.87. The summed E-state index contributed by atoms with van der Waals surface area (Å²) in [5.41, 5.74) is -0.0377. The van der Waals surface area contributed by atoms with Crippen LogP contribution in [0.4, 0.5) is 0 Å². The molecule has 20 heavy (non-hydrogen) atoms. The van der Waals surface area contributed by atoms with E-state index in [1.165, 1.54) is 0 Å². The number of aliphatic hydroxyl groups is 1. The second-order valence-corrected chi connectivity index (χ2v) is 6.18. The molecule has 112 valence electrons. The number of hydrogen-bond acceptors (Lipinski definition) is 2. The van der Waals surface area contributed by atoms with Gasteiger partial charge >= 0.3 is 0 Å². The Morgan fingerprint density at radius 2 is 2.20 bits per heavy atom. The number of aromatic nitrogens is 1. The average molecular weight is 278 g/mol. The summed E-state index contributed by atoms with van der Waals surface area (Å²) in [7, 11) is 0. The van der Waals surface area contributed by atoms with Gasteiger partial charge in [0.25, 0.3) is 5.91 Å². The van der Waals surface area contributed by atoms with E-state index in [0.29, 0.717) is 18.2 Å². The molecule has 1 saturated carbocycles. The van der Waals surface area contributed by atoms with Gasteiger partial charge in [0.05, 0.1) is 5.60 Å². The third-order valence-electron chi connectivity index (χ3n) is 4.31. The van der Waals surface area contributed by atoms with Crippen LogP contribution in [0.25, 0.3) is 0 Å². The molecule has 2 rings (SSSR count). The Labute approximate surface area is 121 Å². The monoisotopic (exact) mass is 278 g/mol. The minimum atomic E-state index is -0.718. The van der Waals surface area contributed by atoms with Gasteiger partial charge in [-0.05, 0) is 50.2 Å². The molecule has 4 nitrogen and oxygen atoms in total. The van der Waals surface area contributed by atoms with Gasteiger partial charge in [-0.25, -0.2) is 0 Å². The number of rotatable bonds is 5. The van der Waals surface area contributed by atoms with E-state index in [9.17, 15) is 9.90 Å². The van der Waals surface area contributed by atoms with Crippen LogP contribution >= 0.6 is 0 Å². The molecule has 0 spiro atoms. The zero-order valence-corrected chi connectivity index (χ0v) is 12.6. The molecule has 0 aromatic carbocycles. The number of nitrogens with zero attached hydrogens (tertiary/aromatic N) is 1. The van der Waals surface area contributed by atoms with Gasteiger partial charge in [-0.1, -0.05) is 13.8 Å². The Morgan fingerprint density at radius 3 is 2.85 bits per heavy atom. The predicted octanol–water partition coefficient (Wildman–Crippen LogP) is 2.57. The fourth-order valence-corrected chi connectivity index (χ4v) is 2.87. The van der Waals surface area contributed by atoms with Gasteiger partial charge in [-0.15, -0.1) is 0 Å². The summed E-state index contributed by atoms with van der Waals surface area (Å²) < 4.78 is 1.96. The summed E-state index contributed by atoms with van der Waals surface area (Å²) in [5, 5.41) is 13.4. The third kappa shape index (κ3) is 3.63. The van der Waals surface area contributed by atoms with Gasteiger partial charge < -0.3 is 15.0 Å². The van der Waals surface area contributed by atoms with Crippen LogP contribution in [-0.4, -0.2) is 27.7 Å². The molecule has 1 aromatic heterocycles. The molecular weight excluding hydrogens is 252 g/mol. The first-order valence-electron chi connectivity index (χ1n) is 7.70. The highest BCUT2D eigenvalue weighted by Gasteiger charge is 2.32. The summed E-state index contributed by atoms with van der Waals surface area (Å²) in [6, 6.07) is 3.72. The predicted molar refractivity (Wildman–Crippen MR) is 79.6 cm³/mol. The Kier molecular flexibility index (Phi) is 4.86. The highest BCUT2D eigenvalue weighted by atomic mass is 16.3. The van der Waals surface area contributed by atoms with Gasteiger partial charge in [0.15, 0.2) is 0 Å². The van der Waals surface area contributed by atoms with Crippen molar-refractivity contribution >= 4 is 5.91 Å². The van der Waals surface area contributed by atoms with Gasteiger partial charge in [0.1, 0.15) is 5.69 Å². The van der Waals surface area contributed by atoms with Crippen molar-refractivity contribution in [1.82, 2.24) is 9.88 Å². The van der Waals surface area contributed by atoms with E-state index in [4.69, 9.17) is 0 Å². The van der Waals surface area contributed by atoms with Crippen molar-refractivity contribution in [2.24, 2.45) is 5.92 Å². The SMILES string of the molecule is CCCn1cccc1C(=O)NCC1(O)CCC(C)CC1. The molecular formula is C16H26N2O2. The second-order valence-electron chi connectivity index (χ2n) is 6.18. The maximum absolute atomic E-state index is 12.2. The third-order valence-corrected chi connectivity index (χ3v) is 4.31. The molecule has 1 aliphatic carbocycles. The van der Waals surface area contributed by atoms with Crippen LogP contribution in [0, 0.1) is 5.92 Å². The zero-order chi connectivity index (χ0) is 14.6. The topological polar surface area (TPSA) is 54.3 Å². The lowest BCUT2D eigenvalue weighted by molar-refractivity contribution is -0.00546. The van der Waals surface area contributed by atoms with Crippen LogP contribution in [0.2, 0.25) is 0 Å². The van der Waals surface area contributed by atoms with Gasteiger partial charge in [0, 0.05) is 19.3 Å². The quantitative estimate of drug-likeness (QED) is 0.869. The molecule has 1 amide bonds. The average Bonchev–Trinajstić information content (AvgIpc) is 2.89. The fraction of sp³-hybridized carbons (Fsp3) is 0.688. The minimum Gasteiger partial charge on any atom is -0.388 e. The van der Waals surface area contributed by atoms with E-state index in [1.807, 2.05) is 22.9 Å². The first-order chi connectivity index (χ1) is 9.54. The van der Waals surface area contributed by atoms with Crippen LogP contribution in [-0.2, 0) is 6.54 Å². The lowest BCUT2D eigenvalue weighted by atomic mass is 9.79. The molecule has 4 heteroatoms. The smallest absolute Gasteiger partial charge is 0.268 e. The Balaban J connectivity index is 1.90. The summed E-state index contributed by atoms with van der Waals surface area (Å²) in [6.45, 7) is 5.51. The van der Waals surface area contributed by atoms with Crippen molar-refractivity contribution in [3.63, 3.8) is 0 Å². The first-order valence-corrected chi connectivity index (χ1v) is 7.70. The number of aryl methyl sites for hydroxylation is 1. The standard InChI is InChI=1S/C16H26N2O2/c1-3-10-18-11-4-5-14(18)15(19)17-12-16(20)8-6-13(2)7-9-16/h4-5,11,13,20H,3,6-10,12H2,1-2H3,(H,17,19). The number of carbonyl (C=O) groups excluding carboxylic acids is 1. The number of nitrogens with one attached hydrogen (secondary N) is 1. The zero-order valence-electron chi connectivity index (χ0n) is 12.6. The second kappa shape index (κ2) is 6.44. The van der Waals surface area contributed by atoms with Crippen molar-refractivity contribution in [3.05, 3.63) is 24.0 Å². The highest BCUT2D eigenvalue weighted by molar-refractivity contribution is 5.92. The Hall–Kier alpha value is -1.29. The molecule has 0 aliphatic heterocycles. The molecule has 1 aliphatic rings. The van der Waals surface area contributed by atoms with E-state index < -0.39 is 5.60 Å². The molecule has 0 unspecified atom stereocenters. The molecule has 0 atom stereocenters. The van der Waals surface area contributed by atoms with E-state index in [2.05, 4.69) is 19.2 Å². The van der Waals surface area contributed by atoms with E-state index in [-0.39, 0.29) is 5.91 Å². The summed E-state index contributed by atoms with van der Waals surface area (Å²) in [5.74, 6) is 0.600.